The summed E-state index contributed by atoms with van der Waals surface area (Å²) in [5.41, 5.74) is 1.83. The highest BCUT2D eigenvalue weighted by molar-refractivity contribution is 9.10. The third-order valence-corrected chi connectivity index (χ3v) is 5.03. The Morgan fingerprint density at radius 2 is 2.00 bits per heavy atom. The molecule has 7 heteroatoms. The maximum absolute atomic E-state index is 11.3. The predicted molar refractivity (Wildman–Crippen MR) is 110 cm³/mol. The SMILES string of the molecule is COc1cc(CNC(C(=O)O)C(C)C)c(Br)cc1OCc1cccc(Cl)c1. The summed E-state index contributed by atoms with van der Waals surface area (Å²) < 4.78 is 12.1. The fourth-order valence-corrected chi connectivity index (χ4v) is 3.28. The molecule has 146 valence electrons. The first-order valence-electron chi connectivity index (χ1n) is 8.51. The molecular weight excluding hydrogens is 434 g/mol. The normalized spacial score (nSPS) is 12.1. The Bertz CT molecular complexity index is 798. The molecule has 1 unspecified atom stereocenters. The molecule has 1 atom stereocenters. The molecule has 5 nitrogen and oxygen atoms in total. The van der Waals surface area contributed by atoms with Crippen molar-refractivity contribution in [1.29, 1.82) is 0 Å². The second kappa shape index (κ2) is 9.97. The van der Waals surface area contributed by atoms with E-state index >= 15 is 0 Å². The molecule has 0 aliphatic carbocycles. The molecule has 0 radical (unpaired) electrons. The summed E-state index contributed by atoms with van der Waals surface area (Å²) in [4.78, 5) is 11.3. The van der Waals surface area contributed by atoms with Gasteiger partial charge in [0, 0.05) is 16.0 Å². The molecule has 0 saturated carbocycles. The van der Waals surface area contributed by atoms with Gasteiger partial charge in [0.25, 0.3) is 0 Å². The van der Waals surface area contributed by atoms with Crippen molar-refractivity contribution in [2.75, 3.05) is 7.11 Å². The monoisotopic (exact) mass is 455 g/mol. The molecule has 0 aliphatic rings. The number of aliphatic carboxylic acids is 1. The zero-order valence-electron chi connectivity index (χ0n) is 15.5. The van der Waals surface area contributed by atoms with Gasteiger partial charge < -0.3 is 19.9 Å². The van der Waals surface area contributed by atoms with E-state index in [4.69, 9.17) is 21.1 Å². The van der Waals surface area contributed by atoms with Gasteiger partial charge in [0.15, 0.2) is 11.5 Å². The zero-order chi connectivity index (χ0) is 20.0. The minimum atomic E-state index is -0.866. The van der Waals surface area contributed by atoms with Crippen LogP contribution in [0.1, 0.15) is 25.0 Å². The Kier molecular flexibility index (Phi) is 7.95. The smallest absolute Gasteiger partial charge is 0.320 e. The molecule has 0 amide bonds. The summed E-state index contributed by atoms with van der Waals surface area (Å²) in [7, 11) is 1.57. The number of carboxylic acid groups (broad SMARTS) is 1. The third-order valence-electron chi connectivity index (χ3n) is 4.06. The van der Waals surface area contributed by atoms with Gasteiger partial charge in [0.2, 0.25) is 0 Å². The van der Waals surface area contributed by atoms with Gasteiger partial charge in [0.1, 0.15) is 12.6 Å². The van der Waals surface area contributed by atoms with Crippen molar-refractivity contribution in [3.63, 3.8) is 0 Å². The van der Waals surface area contributed by atoms with Crippen molar-refractivity contribution < 1.29 is 19.4 Å². The molecular formula is C20H23BrClNO4. The molecule has 2 N–H and O–H groups in total. The molecule has 2 aromatic rings. The molecule has 2 rings (SSSR count). The summed E-state index contributed by atoms with van der Waals surface area (Å²) in [5, 5.41) is 13.0. The van der Waals surface area contributed by atoms with Crippen LogP contribution in [0.25, 0.3) is 0 Å². The maximum atomic E-state index is 11.3. The lowest BCUT2D eigenvalue weighted by molar-refractivity contribution is -0.140. The minimum absolute atomic E-state index is 0.0246. The third kappa shape index (κ3) is 6.13. The van der Waals surface area contributed by atoms with E-state index in [0.717, 1.165) is 15.6 Å². The van der Waals surface area contributed by atoms with E-state index < -0.39 is 12.0 Å². The number of carboxylic acids is 1. The number of carbonyl (C=O) groups is 1. The number of hydrogen-bond donors (Lipinski definition) is 2. The van der Waals surface area contributed by atoms with Crippen LogP contribution in [0.5, 0.6) is 11.5 Å². The van der Waals surface area contributed by atoms with Crippen LogP contribution in [0.15, 0.2) is 40.9 Å². The summed E-state index contributed by atoms with van der Waals surface area (Å²) in [6, 6.07) is 10.5. The van der Waals surface area contributed by atoms with Crippen LogP contribution in [-0.2, 0) is 17.9 Å². The first kappa shape index (κ1) is 21.5. The number of nitrogens with one attached hydrogen (secondary N) is 1. The van der Waals surface area contributed by atoms with Crippen molar-refractivity contribution >= 4 is 33.5 Å². The van der Waals surface area contributed by atoms with Crippen LogP contribution in [0, 0.1) is 5.92 Å². The highest BCUT2D eigenvalue weighted by Gasteiger charge is 2.21. The molecule has 0 spiro atoms. The van der Waals surface area contributed by atoms with Gasteiger partial charge in [-0.25, -0.2) is 0 Å². The maximum Gasteiger partial charge on any atom is 0.320 e. The number of hydrogen-bond acceptors (Lipinski definition) is 4. The lowest BCUT2D eigenvalue weighted by Gasteiger charge is -2.19. The zero-order valence-corrected chi connectivity index (χ0v) is 17.8. The minimum Gasteiger partial charge on any atom is -0.493 e. The standard InChI is InChI=1S/C20H23BrClNO4/c1-12(2)19(20(24)25)23-10-14-8-17(26-3)18(9-16(14)21)27-11-13-5-4-6-15(22)7-13/h4-9,12,19,23H,10-11H2,1-3H3,(H,24,25). The second-order valence-electron chi connectivity index (χ2n) is 6.45. The number of benzene rings is 2. The van der Waals surface area contributed by atoms with Crippen molar-refractivity contribution in [3.8, 4) is 11.5 Å². The van der Waals surface area contributed by atoms with Crippen LogP contribution in [0.4, 0.5) is 0 Å². The molecule has 0 aromatic heterocycles. The van der Waals surface area contributed by atoms with Crippen LogP contribution in [-0.4, -0.2) is 24.2 Å². The van der Waals surface area contributed by atoms with Crippen molar-refractivity contribution in [1.82, 2.24) is 5.32 Å². The summed E-state index contributed by atoms with van der Waals surface area (Å²) in [6.45, 7) is 4.48. The van der Waals surface area contributed by atoms with Crippen molar-refractivity contribution in [2.24, 2.45) is 5.92 Å². The Morgan fingerprint density at radius 3 is 2.59 bits per heavy atom. The highest BCUT2D eigenvalue weighted by Crippen LogP contribution is 2.34. The van der Waals surface area contributed by atoms with Crippen LogP contribution < -0.4 is 14.8 Å². The first-order chi connectivity index (χ1) is 12.8. The molecule has 2 aromatic carbocycles. The van der Waals surface area contributed by atoms with Gasteiger partial charge in [-0.05, 0) is 41.3 Å². The van der Waals surface area contributed by atoms with Gasteiger partial charge in [-0.3, -0.25) is 4.79 Å². The molecule has 0 heterocycles. The van der Waals surface area contributed by atoms with E-state index in [-0.39, 0.29) is 5.92 Å². The van der Waals surface area contributed by atoms with E-state index in [1.54, 1.807) is 7.11 Å². The number of ether oxygens (including phenoxy) is 2. The Hall–Kier alpha value is -1.76. The lowest BCUT2D eigenvalue weighted by atomic mass is 10.0. The average molecular weight is 457 g/mol. The molecule has 0 bridgehead atoms. The van der Waals surface area contributed by atoms with E-state index in [0.29, 0.717) is 29.7 Å². The summed E-state index contributed by atoms with van der Waals surface area (Å²) >= 11 is 9.53. The quantitative estimate of drug-likeness (QED) is 0.562. The van der Waals surface area contributed by atoms with Crippen LogP contribution >= 0.6 is 27.5 Å². The fraction of sp³-hybridized carbons (Fsp3) is 0.350. The van der Waals surface area contributed by atoms with Crippen LogP contribution in [0.2, 0.25) is 5.02 Å². The first-order valence-corrected chi connectivity index (χ1v) is 9.68. The number of rotatable bonds is 9. The van der Waals surface area contributed by atoms with Gasteiger partial charge in [-0.15, -0.1) is 0 Å². The lowest BCUT2D eigenvalue weighted by Crippen LogP contribution is -2.40. The van der Waals surface area contributed by atoms with E-state index in [9.17, 15) is 9.90 Å². The largest absolute Gasteiger partial charge is 0.493 e. The number of halogens is 2. The highest BCUT2D eigenvalue weighted by atomic mass is 79.9. The Morgan fingerprint density at radius 1 is 1.26 bits per heavy atom. The molecule has 27 heavy (non-hydrogen) atoms. The summed E-state index contributed by atoms with van der Waals surface area (Å²) in [5.74, 6) is 0.276. The van der Waals surface area contributed by atoms with Gasteiger partial charge >= 0.3 is 5.97 Å². The second-order valence-corrected chi connectivity index (χ2v) is 7.74. The molecule has 0 aliphatic heterocycles. The molecule has 0 fully saturated rings. The molecule has 0 saturated heterocycles. The average Bonchev–Trinajstić information content (AvgIpc) is 2.61. The fourth-order valence-electron chi connectivity index (χ4n) is 2.60. The van der Waals surface area contributed by atoms with Crippen LogP contribution in [0.3, 0.4) is 0 Å². The van der Waals surface area contributed by atoms with Crippen molar-refractivity contribution in [2.45, 2.75) is 33.0 Å². The van der Waals surface area contributed by atoms with Gasteiger partial charge in [-0.1, -0.05) is 53.5 Å². The van der Waals surface area contributed by atoms with Gasteiger partial charge in [0.05, 0.1) is 7.11 Å². The number of methoxy groups -OCH3 is 1. The summed E-state index contributed by atoms with van der Waals surface area (Å²) in [6.07, 6.45) is 0. The topological polar surface area (TPSA) is 67.8 Å². The predicted octanol–water partition coefficient (Wildman–Crippen LogP) is 4.89. The van der Waals surface area contributed by atoms with E-state index in [2.05, 4.69) is 21.2 Å². The Labute approximate surface area is 172 Å². The van der Waals surface area contributed by atoms with E-state index in [1.165, 1.54) is 0 Å². The van der Waals surface area contributed by atoms with E-state index in [1.807, 2.05) is 50.2 Å². The van der Waals surface area contributed by atoms with Crippen molar-refractivity contribution in [3.05, 3.63) is 57.0 Å². The van der Waals surface area contributed by atoms with Gasteiger partial charge in [-0.2, -0.15) is 0 Å². The Balaban J connectivity index is 2.12.